The fraction of sp³-hybridized carbons (Fsp3) is 0.600. The molecule has 2 N–H and O–H groups in total. The molecule has 1 aromatic carbocycles. The molecule has 0 amide bonds. The van der Waals surface area contributed by atoms with E-state index in [0.717, 1.165) is 24.3 Å². The van der Waals surface area contributed by atoms with E-state index in [1.807, 2.05) is 18.2 Å². The summed E-state index contributed by atoms with van der Waals surface area (Å²) in [5, 5.41) is 0.848. The third kappa shape index (κ3) is 3.23. The summed E-state index contributed by atoms with van der Waals surface area (Å²) in [6.07, 6.45) is 5.62. The molecule has 0 heterocycles. The summed E-state index contributed by atoms with van der Waals surface area (Å²) in [6.45, 7) is 4.64. The highest BCUT2D eigenvalue weighted by atomic mass is 35.5. The molecule has 0 bridgehead atoms. The maximum atomic E-state index is 6.58. The molecule has 0 spiro atoms. The number of halogens is 1. The molecule has 17 heavy (non-hydrogen) atoms. The normalized spacial score (nSPS) is 28.0. The Labute approximate surface area is 109 Å². The van der Waals surface area contributed by atoms with Gasteiger partial charge in [0.15, 0.2) is 0 Å². The van der Waals surface area contributed by atoms with E-state index in [-0.39, 0.29) is 5.54 Å². The van der Waals surface area contributed by atoms with Crippen LogP contribution in [0.1, 0.15) is 45.1 Å². The third-order valence-electron chi connectivity index (χ3n) is 3.86. The number of benzene rings is 1. The molecule has 1 aliphatic carbocycles. The lowest BCUT2D eigenvalue weighted by atomic mass is 9.66. The maximum Gasteiger partial charge on any atom is 0.0438 e. The van der Waals surface area contributed by atoms with Crippen LogP contribution < -0.4 is 5.73 Å². The SMILES string of the molecule is CC1(C)CCCC(N)(Cc2ccccc2Cl)C1. The van der Waals surface area contributed by atoms with E-state index in [1.54, 1.807) is 0 Å². The highest BCUT2D eigenvalue weighted by Gasteiger charge is 2.37. The van der Waals surface area contributed by atoms with Crippen LogP contribution in [0, 0.1) is 5.41 Å². The Bertz CT molecular complexity index is 400. The van der Waals surface area contributed by atoms with Crippen LogP contribution in [0.25, 0.3) is 0 Å². The highest BCUT2D eigenvalue weighted by Crippen LogP contribution is 2.41. The molecule has 2 heteroatoms. The van der Waals surface area contributed by atoms with Gasteiger partial charge in [0.2, 0.25) is 0 Å². The molecule has 1 saturated carbocycles. The zero-order valence-electron chi connectivity index (χ0n) is 10.8. The van der Waals surface area contributed by atoms with Crippen molar-refractivity contribution in [2.24, 2.45) is 11.1 Å². The van der Waals surface area contributed by atoms with E-state index in [2.05, 4.69) is 19.9 Å². The average Bonchev–Trinajstić information content (AvgIpc) is 2.19. The van der Waals surface area contributed by atoms with Gasteiger partial charge in [-0.25, -0.2) is 0 Å². The van der Waals surface area contributed by atoms with Gasteiger partial charge < -0.3 is 5.73 Å². The minimum absolute atomic E-state index is 0.0766. The van der Waals surface area contributed by atoms with E-state index in [9.17, 15) is 0 Å². The molecule has 1 atom stereocenters. The summed E-state index contributed by atoms with van der Waals surface area (Å²) < 4.78 is 0. The molecule has 1 fully saturated rings. The van der Waals surface area contributed by atoms with Gasteiger partial charge in [0, 0.05) is 10.6 Å². The predicted octanol–water partition coefficient (Wildman–Crippen LogP) is 4.18. The monoisotopic (exact) mass is 251 g/mol. The van der Waals surface area contributed by atoms with Crippen molar-refractivity contribution in [2.45, 2.75) is 51.5 Å². The summed E-state index contributed by atoms with van der Waals surface area (Å²) in [5.74, 6) is 0. The van der Waals surface area contributed by atoms with Gasteiger partial charge in [-0.15, -0.1) is 0 Å². The minimum Gasteiger partial charge on any atom is -0.325 e. The average molecular weight is 252 g/mol. The second-order valence-electron chi connectivity index (χ2n) is 6.33. The number of rotatable bonds is 2. The quantitative estimate of drug-likeness (QED) is 0.839. The van der Waals surface area contributed by atoms with Gasteiger partial charge in [-0.3, -0.25) is 0 Å². The molecule has 1 nitrogen and oxygen atoms in total. The third-order valence-corrected chi connectivity index (χ3v) is 4.23. The van der Waals surface area contributed by atoms with Crippen molar-refractivity contribution in [1.82, 2.24) is 0 Å². The maximum absolute atomic E-state index is 6.58. The van der Waals surface area contributed by atoms with Crippen LogP contribution in [-0.2, 0) is 6.42 Å². The Hall–Kier alpha value is -0.530. The zero-order valence-corrected chi connectivity index (χ0v) is 11.6. The van der Waals surface area contributed by atoms with E-state index >= 15 is 0 Å². The largest absolute Gasteiger partial charge is 0.325 e. The van der Waals surface area contributed by atoms with Crippen molar-refractivity contribution in [2.75, 3.05) is 0 Å². The summed E-state index contributed by atoms with van der Waals surface area (Å²) in [7, 11) is 0. The molecule has 2 rings (SSSR count). The van der Waals surface area contributed by atoms with Gasteiger partial charge in [-0.2, -0.15) is 0 Å². The molecule has 94 valence electrons. The lowest BCUT2D eigenvalue weighted by Crippen LogP contribution is -2.48. The van der Waals surface area contributed by atoms with Crippen LogP contribution in [0.15, 0.2) is 24.3 Å². The van der Waals surface area contributed by atoms with E-state index < -0.39 is 0 Å². The number of nitrogens with two attached hydrogens (primary N) is 1. The fourth-order valence-electron chi connectivity index (χ4n) is 3.22. The van der Waals surface area contributed by atoms with Gasteiger partial charge in [0.05, 0.1) is 0 Å². The molecule has 0 aromatic heterocycles. The summed E-state index contributed by atoms with van der Waals surface area (Å²) in [4.78, 5) is 0. The molecular weight excluding hydrogens is 230 g/mol. The fourth-order valence-corrected chi connectivity index (χ4v) is 3.42. The molecule has 1 unspecified atom stereocenters. The molecule has 1 aromatic rings. The predicted molar refractivity (Wildman–Crippen MR) is 74.3 cm³/mol. The van der Waals surface area contributed by atoms with Crippen molar-refractivity contribution in [1.29, 1.82) is 0 Å². The van der Waals surface area contributed by atoms with Crippen molar-refractivity contribution < 1.29 is 0 Å². The van der Waals surface area contributed by atoms with E-state index in [0.29, 0.717) is 5.41 Å². The first-order valence-corrected chi connectivity index (χ1v) is 6.80. The smallest absolute Gasteiger partial charge is 0.0438 e. The molecule has 0 radical (unpaired) electrons. The van der Waals surface area contributed by atoms with Gasteiger partial charge >= 0.3 is 0 Å². The summed E-state index contributed by atoms with van der Waals surface area (Å²) in [5.41, 5.74) is 8.06. The van der Waals surface area contributed by atoms with Gasteiger partial charge in [0.25, 0.3) is 0 Å². The second kappa shape index (κ2) is 4.62. The van der Waals surface area contributed by atoms with Crippen LogP contribution in [0.2, 0.25) is 5.02 Å². The van der Waals surface area contributed by atoms with Crippen LogP contribution in [0.3, 0.4) is 0 Å². The lowest BCUT2D eigenvalue weighted by molar-refractivity contribution is 0.151. The highest BCUT2D eigenvalue weighted by molar-refractivity contribution is 6.31. The summed E-state index contributed by atoms with van der Waals surface area (Å²) >= 11 is 6.22. The Morgan fingerprint density at radius 3 is 2.59 bits per heavy atom. The van der Waals surface area contributed by atoms with Crippen molar-refractivity contribution in [3.05, 3.63) is 34.9 Å². The van der Waals surface area contributed by atoms with Crippen LogP contribution in [-0.4, -0.2) is 5.54 Å². The Kier molecular flexibility index (Phi) is 3.51. The number of hydrogen-bond donors (Lipinski definition) is 1. The number of hydrogen-bond acceptors (Lipinski definition) is 1. The van der Waals surface area contributed by atoms with Gasteiger partial charge in [0.1, 0.15) is 0 Å². The van der Waals surface area contributed by atoms with Crippen molar-refractivity contribution in [3.63, 3.8) is 0 Å². The Balaban J connectivity index is 2.15. The van der Waals surface area contributed by atoms with Crippen LogP contribution in [0.4, 0.5) is 0 Å². The van der Waals surface area contributed by atoms with E-state index in [1.165, 1.54) is 18.4 Å². The van der Waals surface area contributed by atoms with Gasteiger partial charge in [-0.05, 0) is 42.7 Å². The lowest BCUT2D eigenvalue weighted by Gasteiger charge is -2.43. The topological polar surface area (TPSA) is 26.0 Å². The standard InChI is InChI=1S/C15H22ClN/c1-14(2)8-5-9-15(17,11-14)10-12-6-3-4-7-13(12)16/h3-4,6-7H,5,8-11,17H2,1-2H3. The summed E-state index contributed by atoms with van der Waals surface area (Å²) in [6, 6.07) is 8.06. The zero-order chi connectivity index (χ0) is 12.5. The minimum atomic E-state index is -0.0766. The first-order valence-electron chi connectivity index (χ1n) is 6.43. The van der Waals surface area contributed by atoms with Gasteiger partial charge in [-0.1, -0.05) is 50.1 Å². The van der Waals surface area contributed by atoms with Crippen LogP contribution >= 0.6 is 11.6 Å². The van der Waals surface area contributed by atoms with Crippen molar-refractivity contribution in [3.8, 4) is 0 Å². The second-order valence-corrected chi connectivity index (χ2v) is 6.73. The van der Waals surface area contributed by atoms with E-state index in [4.69, 9.17) is 17.3 Å². The molecular formula is C15H22ClN. The first kappa shape index (κ1) is 12.9. The molecule has 0 aliphatic heterocycles. The Morgan fingerprint density at radius 2 is 1.94 bits per heavy atom. The molecule has 1 aliphatic rings. The Morgan fingerprint density at radius 1 is 1.24 bits per heavy atom. The van der Waals surface area contributed by atoms with Crippen molar-refractivity contribution >= 4 is 11.6 Å². The van der Waals surface area contributed by atoms with Crippen LogP contribution in [0.5, 0.6) is 0 Å². The first-order chi connectivity index (χ1) is 7.90. The molecule has 0 saturated heterocycles.